The number of carbonyl (C=O) groups excluding carboxylic acids is 1. The molecule has 0 bridgehead atoms. The Morgan fingerprint density at radius 1 is 1.62 bits per heavy atom. The van der Waals surface area contributed by atoms with E-state index in [-0.39, 0.29) is 12.7 Å². The van der Waals surface area contributed by atoms with E-state index in [1.165, 1.54) is 0 Å². The molecule has 0 saturated carbocycles. The van der Waals surface area contributed by atoms with Crippen LogP contribution in [0.1, 0.15) is 6.42 Å². The molecule has 0 aliphatic heterocycles. The zero-order chi connectivity index (χ0) is 6.41. The maximum atomic E-state index is 11.6. The van der Waals surface area contributed by atoms with Gasteiger partial charge in [0, 0.05) is 0 Å². The van der Waals surface area contributed by atoms with Gasteiger partial charge >= 0.3 is 0 Å². The van der Waals surface area contributed by atoms with Crippen LogP contribution in [0.5, 0.6) is 0 Å². The fraction of sp³-hybridized carbons (Fsp3) is 0.400. The number of halogens is 2. The Bertz CT molecular complexity index is 98.6. The summed E-state index contributed by atoms with van der Waals surface area (Å²) >= 11 is 0. The Labute approximate surface area is 46.0 Å². The Hall–Kier alpha value is -0.730. The highest BCUT2D eigenvalue weighted by atomic mass is 19.1. The van der Waals surface area contributed by atoms with Gasteiger partial charge in [0.1, 0.15) is 0 Å². The van der Waals surface area contributed by atoms with Crippen LogP contribution in [0.3, 0.4) is 0 Å². The van der Waals surface area contributed by atoms with Crippen LogP contribution in [0.15, 0.2) is 11.9 Å². The molecule has 0 aliphatic carbocycles. The molecule has 0 heterocycles. The number of alkyl halides is 1. The molecule has 0 aromatic carbocycles. The largest absolute Gasteiger partial charge is 0.295 e. The second kappa shape index (κ2) is 4.43. The first-order valence-corrected chi connectivity index (χ1v) is 2.18. The molecule has 0 radical (unpaired) electrons. The molecule has 46 valence electrons. The van der Waals surface area contributed by atoms with E-state index in [1.54, 1.807) is 0 Å². The Balaban J connectivity index is 3.40. The summed E-state index contributed by atoms with van der Waals surface area (Å²) in [5.74, 6) is -0.900. The fourth-order valence-corrected chi connectivity index (χ4v) is 0.241. The summed E-state index contributed by atoms with van der Waals surface area (Å²) < 4.78 is 22.8. The molecule has 8 heavy (non-hydrogen) atoms. The van der Waals surface area contributed by atoms with Crippen LogP contribution in [0.25, 0.3) is 0 Å². The van der Waals surface area contributed by atoms with Gasteiger partial charge in [0.05, 0.1) is 6.67 Å². The van der Waals surface area contributed by atoms with Gasteiger partial charge in [0.2, 0.25) is 0 Å². The topological polar surface area (TPSA) is 17.1 Å². The maximum Gasteiger partial charge on any atom is 0.178 e. The van der Waals surface area contributed by atoms with E-state index in [0.29, 0.717) is 0 Å². The lowest BCUT2D eigenvalue weighted by atomic mass is 10.4. The molecule has 0 amide bonds. The molecular weight excluding hydrogens is 114 g/mol. The third kappa shape index (κ3) is 3.46. The highest BCUT2D eigenvalue weighted by Crippen LogP contribution is 1.92. The van der Waals surface area contributed by atoms with Gasteiger partial charge in [-0.15, -0.1) is 0 Å². The first-order valence-electron chi connectivity index (χ1n) is 2.18. The number of hydrogen-bond donors (Lipinski definition) is 0. The molecule has 0 unspecified atom stereocenters. The fourth-order valence-electron chi connectivity index (χ4n) is 0.241. The van der Waals surface area contributed by atoms with Crippen LogP contribution >= 0.6 is 0 Å². The lowest BCUT2D eigenvalue weighted by Gasteiger charge is -1.79. The summed E-state index contributed by atoms with van der Waals surface area (Å²) in [6.07, 6.45) is 0.938. The van der Waals surface area contributed by atoms with Crippen molar-refractivity contribution in [3.63, 3.8) is 0 Å². The van der Waals surface area contributed by atoms with Gasteiger partial charge in [-0.05, 0) is 12.5 Å². The molecule has 0 fully saturated rings. The van der Waals surface area contributed by atoms with E-state index in [4.69, 9.17) is 0 Å². The smallest absolute Gasteiger partial charge is 0.178 e. The van der Waals surface area contributed by atoms with E-state index in [0.717, 1.165) is 6.08 Å². The van der Waals surface area contributed by atoms with Crippen molar-refractivity contribution >= 4 is 6.29 Å². The van der Waals surface area contributed by atoms with Crippen LogP contribution in [0.2, 0.25) is 0 Å². The second-order valence-corrected chi connectivity index (χ2v) is 1.18. The molecule has 0 saturated heterocycles. The number of hydrogen-bond acceptors (Lipinski definition) is 1. The Kier molecular flexibility index (Phi) is 4.03. The van der Waals surface area contributed by atoms with Gasteiger partial charge in [0.25, 0.3) is 0 Å². The molecule has 0 aromatic rings. The minimum absolute atomic E-state index is 0.0232. The van der Waals surface area contributed by atoms with Gasteiger partial charge in [-0.3, -0.25) is 9.18 Å². The van der Waals surface area contributed by atoms with Crippen LogP contribution in [-0.2, 0) is 4.79 Å². The predicted molar refractivity (Wildman–Crippen MR) is 25.8 cm³/mol. The molecule has 3 heteroatoms. The lowest BCUT2D eigenvalue weighted by Crippen LogP contribution is -1.75. The third-order valence-electron chi connectivity index (χ3n) is 0.561. The minimum atomic E-state index is -0.900. The molecule has 0 N–H and O–H groups in total. The van der Waals surface area contributed by atoms with Gasteiger partial charge < -0.3 is 0 Å². The van der Waals surface area contributed by atoms with Crippen LogP contribution in [0, 0.1) is 0 Å². The summed E-state index contributed by atoms with van der Waals surface area (Å²) in [5.41, 5.74) is 0. The normalized spacial score (nSPS) is 11.5. The number of carbonyl (C=O) groups is 1. The first-order chi connectivity index (χ1) is 3.81. The number of aldehydes is 1. The van der Waals surface area contributed by atoms with Crippen molar-refractivity contribution in [1.82, 2.24) is 0 Å². The van der Waals surface area contributed by atoms with E-state index in [1.807, 2.05) is 0 Å². The highest BCUT2D eigenvalue weighted by Gasteiger charge is 1.86. The van der Waals surface area contributed by atoms with Crippen molar-refractivity contribution in [3.8, 4) is 0 Å². The van der Waals surface area contributed by atoms with Crippen molar-refractivity contribution in [2.45, 2.75) is 6.42 Å². The molecule has 0 atom stereocenters. The van der Waals surface area contributed by atoms with E-state index < -0.39 is 12.5 Å². The van der Waals surface area contributed by atoms with Crippen LogP contribution in [0.4, 0.5) is 8.78 Å². The summed E-state index contributed by atoms with van der Waals surface area (Å²) in [7, 11) is 0. The summed E-state index contributed by atoms with van der Waals surface area (Å²) in [4.78, 5) is 9.44. The van der Waals surface area contributed by atoms with Crippen LogP contribution in [-0.4, -0.2) is 13.0 Å². The van der Waals surface area contributed by atoms with Crippen molar-refractivity contribution in [2.75, 3.05) is 6.67 Å². The van der Waals surface area contributed by atoms with Gasteiger partial charge in [-0.1, -0.05) is 0 Å². The average Bonchev–Trinajstić information content (AvgIpc) is 1.83. The molecule has 0 aliphatic rings. The molecule has 0 spiro atoms. The zero-order valence-corrected chi connectivity index (χ0v) is 4.23. The van der Waals surface area contributed by atoms with Crippen molar-refractivity contribution in [2.24, 2.45) is 0 Å². The zero-order valence-electron chi connectivity index (χ0n) is 4.23. The number of rotatable bonds is 3. The standard InChI is InChI=1S/C5H6F2O/c6-3-1-2-5(7)4-8/h2,4H,1,3H2/b5-2-. The molecule has 0 aromatic heterocycles. The van der Waals surface area contributed by atoms with Gasteiger partial charge in [0.15, 0.2) is 12.1 Å². The summed E-state index contributed by atoms with van der Waals surface area (Å²) in [6, 6.07) is 0. The minimum Gasteiger partial charge on any atom is -0.295 e. The predicted octanol–water partition coefficient (Wildman–Crippen LogP) is 1.40. The molecule has 0 rings (SSSR count). The van der Waals surface area contributed by atoms with Crippen LogP contribution < -0.4 is 0 Å². The SMILES string of the molecule is O=C/C(F)=C/CCF. The van der Waals surface area contributed by atoms with E-state index in [2.05, 4.69) is 0 Å². The van der Waals surface area contributed by atoms with Gasteiger partial charge in [-0.2, -0.15) is 0 Å². The first kappa shape index (κ1) is 7.27. The van der Waals surface area contributed by atoms with Crippen molar-refractivity contribution in [1.29, 1.82) is 0 Å². The highest BCUT2D eigenvalue weighted by molar-refractivity contribution is 5.69. The monoisotopic (exact) mass is 120 g/mol. The quantitative estimate of drug-likeness (QED) is 0.406. The third-order valence-corrected chi connectivity index (χ3v) is 0.561. The Morgan fingerprint density at radius 2 is 2.25 bits per heavy atom. The molecular formula is C5H6F2O. The van der Waals surface area contributed by atoms with Crippen molar-refractivity contribution < 1.29 is 13.6 Å². The Morgan fingerprint density at radius 3 is 2.62 bits per heavy atom. The molecule has 1 nitrogen and oxygen atoms in total. The van der Waals surface area contributed by atoms with E-state index in [9.17, 15) is 13.6 Å². The van der Waals surface area contributed by atoms with Gasteiger partial charge in [-0.25, -0.2) is 4.39 Å². The lowest BCUT2D eigenvalue weighted by molar-refractivity contribution is -0.106. The number of allylic oxidation sites excluding steroid dienone is 2. The summed E-state index contributed by atoms with van der Waals surface area (Å²) in [6.45, 7) is -0.624. The maximum absolute atomic E-state index is 11.6. The summed E-state index contributed by atoms with van der Waals surface area (Å²) in [5, 5.41) is 0. The second-order valence-electron chi connectivity index (χ2n) is 1.18. The average molecular weight is 120 g/mol. The van der Waals surface area contributed by atoms with Crippen molar-refractivity contribution in [3.05, 3.63) is 11.9 Å². The van der Waals surface area contributed by atoms with E-state index >= 15 is 0 Å².